The predicted octanol–water partition coefficient (Wildman–Crippen LogP) is 2.95. The van der Waals surface area contributed by atoms with Crippen LogP contribution in [0, 0.1) is 11.3 Å². The number of rotatable bonds is 2. The molecule has 0 aromatic carbocycles. The van der Waals surface area contributed by atoms with E-state index in [-0.39, 0.29) is 0 Å². The van der Waals surface area contributed by atoms with Crippen LogP contribution in [0.1, 0.15) is 13.3 Å². The van der Waals surface area contributed by atoms with Gasteiger partial charge in [-0.25, -0.2) is 13.2 Å². The number of nitriles is 1. The molecule has 13 heavy (non-hydrogen) atoms. The highest BCUT2D eigenvalue weighted by atomic mass is 35.5. The first-order valence-corrected chi connectivity index (χ1v) is 5.00. The molecule has 0 N–H and O–H groups in total. The van der Waals surface area contributed by atoms with E-state index in [4.69, 9.17) is 16.9 Å². The fraction of sp³-hybridized carbons (Fsp3) is 0.857. The molecular weight excluding hydrogens is 223 g/mol. The smallest absolute Gasteiger partial charge is 0.217 e. The van der Waals surface area contributed by atoms with E-state index < -0.39 is 22.2 Å². The minimum absolute atomic E-state index is 0.377. The first-order chi connectivity index (χ1) is 5.83. The number of nitrogens with zero attached hydrogens (tertiary/aromatic N) is 1. The molecule has 0 bridgehead atoms. The van der Waals surface area contributed by atoms with Gasteiger partial charge in [-0.2, -0.15) is 5.26 Å². The van der Waals surface area contributed by atoms with Gasteiger partial charge in [0.1, 0.15) is 0 Å². The van der Waals surface area contributed by atoms with Crippen molar-refractivity contribution in [2.24, 2.45) is 0 Å². The van der Waals surface area contributed by atoms with Crippen LogP contribution in [0.4, 0.5) is 13.2 Å². The average molecular weight is 230 g/mol. The molecule has 0 radical (unpaired) electrons. The molecule has 0 aliphatic heterocycles. The van der Waals surface area contributed by atoms with Gasteiger partial charge < -0.3 is 0 Å². The Morgan fingerprint density at radius 3 is 2.31 bits per heavy atom. The fourth-order valence-electron chi connectivity index (χ4n) is 1.25. The molecule has 0 amide bonds. The molecule has 0 spiro atoms. The van der Waals surface area contributed by atoms with E-state index in [2.05, 4.69) is 0 Å². The third kappa shape index (κ3) is 1.23. The number of hydrogen-bond acceptors (Lipinski definition) is 2. The maximum atomic E-state index is 13.3. The van der Waals surface area contributed by atoms with Gasteiger partial charge in [0, 0.05) is 6.42 Å². The van der Waals surface area contributed by atoms with Gasteiger partial charge in [0.15, 0.2) is 4.75 Å². The van der Waals surface area contributed by atoms with Crippen molar-refractivity contribution in [2.75, 3.05) is 5.75 Å². The molecule has 0 aromatic rings. The van der Waals surface area contributed by atoms with Crippen LogP contribution >= 0.6 is 23.4 Å². The number of alkyl halides is 4. The summed E-state index contributed by atoms with van der Waals surface area (Å²) in [5, 5.41) is 5.38. The number of thioether (sulfide) groups is 1. The molecule has 1 aliphatic carbocycles. The van der Waals surface area contributed by atoms with Crippen molar-refractivity contribution in [1.82, 2.24) is 0 Å². The molecule has 0 heterocycles. The first kappa shape index (κ1) is 11.0. The molecule has 1 fully saturated rings. The van der Waals surface area contributed by atoms with E-state index in [1.807, 2.05) is 0 Å². The van der Waals surface area contributed by atoms with Crippen LogP contribution in [0.5, 0.6) is 0 Å². The van der Waals surface area contributed by atoms with Crippen LogP contribution in [-0.4, -0.2) is 21.6 Å². The highest BCUT2D eigenvalue weighted by Gasteiger charge is 2.79. The van der Waals surface area contributed by atoms with Gasteiger partial charge in [-0.1, -0.05) is 18.5 Å². The second-order valence-electron chi connectivity index (χ2n) is 2.83. The van der Waals surface area contributed by atoms with Crippen molar-refractivity contribution in [3.8, 4) is 6.07 Å². The van der Waals surface area contributed by atoms with Gasteiger partial charge in [-0.05, 0) is 5.75 Å². The largest absolute Gasteiger partial charge is 0.300 e. The maximum absolute atomic E-state index is 13.3. The summed E-state index contributed by atoms with van der Waals surface area (Å²) in [6, 6.07) is 1.54. The number of halogens is 4. The lowest BCUT2D eigenvalue weighted by molar-refractivity contribution is -0.178. The molecule has 2 unspecified atom stereocenters. The van der Waals surface area contributed by atoms with Crippen LogP contribution in [0.25, 0.3) is 0 Å². The summed E-state index contributed by atoms with van der Waals surface area (Å²) in [6.07, 6.45) is -0.811. The average Bonchev–Trinajstić information content (AvgIpc) is 2.02. The van der Waals surface area contributed by atoms with Crippen molar-refractivity contribution in [1.29, 1.82) is 5.26 Å². The van der Waals surface area contributed by atoms with Crippen LogP contribution in [0.2, 0.25) is 0 Å². The molecule has 1 rings (SSSR count). The van der Waals surface area contributed by atoms with Gasteiger partial charge >= 0.3 is 0 Å². The van der Waals surface area contributed by atoms with E-state index in [9.17, 15) is 13.2 Å². The summed E-state index contributed by atoms with van der Waals surface area (Å²) >= 11 is 5.86. The Morgan fingerprint density at radius 2 is 2.08 bits per heavy atom. The molecule has 6 heteroatoms. The van der Waals surface area contributed by atoms with Crippen LogP contribution in [0.3, 0.4) is 0 Å². The molecule has 1 saturated carbocycles. The quantitative estimate of drug-likeness (QED) is 0.680. The normalized spacial score (nSPS) is 42.2. The maximum Gasteiger partial charge on any atom is 0.300 e. The Hall–Kier alpha value is -0.0800. The van der Waals surface area contributed by atoms with Gasteiger partial charge in [-0.3, -0.25) is 0 Å². The van der Waals surface area contributed by atoms with Crippen molar-refractivity contribution < 1.29 is 13.2 Å². The molecule has 2 atom stereocenters. The van der Waals surface area contributed by atoms with E-state index >= 15 is 0 Å². The minimum atomic E-state index is -3.59. The zero-order valence-electron chi connectivity index (χ0n) is 6.78. The topological polar surface area (TPSA) is 23.8 Å². The molecule has 0 aromatic heterocycles. The van der Waals surface area contributed by atoms with Crippen molar-refractivity contribution in [3.05, 3.63) is 0 Å². The second-order valence-corrected chi connectivity index (χ2v) is 4.91. The summed E-state index contributed by atoms with van der Waals surface area (Å²) in [5.74, 6) is -3.21. The van der Waals surface area contributed by atoms with Crippen LogP contribution < -0.4 is 0 Å². The van der Waals surface area contributed by atoms with E-state index in [0.717, 1.165) is 11.8 Å². The molecule has 1 nitrogen and oxygen atoms in total. The van der Waals surface area contributed by atoms with Gasteiger partial charge in [-0.15, -0.1) is 11.8 Å². The lowest BCUT2D eigenvalue weighted by Crippen LogP contribution is -2.68. The molecule has 0 saturated heterocycles. The zero-order valence-corrected chi connectivity index (χ0v) is 8.35. The minimum Gasteiger partial charge on any atom is -0.217 e. The van der Waals surface area contributed by atoms with E-state index in [1.54, 1.807) is 6.92 Å². The lowest BCUT2D eigenvalue weighted by atomic mass is 9.78. The fourth-order valence-corrected chi connectivity index (χ4v) is 2.76. The summed E-state index contributed by atoms with van der Waals surface area (Å²) in [5.41, 5.74) is 0. The Balaban J connectivity index is 2.92. The Morgan fingerprint density at radius 1 is 1.54 bits per heavy atom. The third-order valence-corrected chi connectivity index (χ3v) is 4.02. The zero-order chi connectivity index (χ0) is 10.3. The predicted molar refractivity (Wildman–Crippen MR) is 45.7 cm³/mol. The summed E-state index contributed by atoms with van der Waals surface area (Å²) in [4.78, 5) is 0. The first-order valence-electron chi connectivity index (χ1n) is 3.64. The lowest BCUT2D eigenvalue weighted by Gasteiger charge is -2.50. The summed E-state index contributed by atoms with van der Waals surface area (Å²) < 4.78 is 36.8. The van der Waals surface area contributed by atoms with Gasteiger partial charge in [0.25, 0.3) is 11.1 Å². The highest BCUT2D eigenvalue weighted by Crippen LogP contribution is 2.64. The monoisotopic (exact) mass is 229 g/mol. The second kappa shape index (κ2) is 2.96. The van der Waals surface area contributed by atoms with Crippen molar-refractivity contribution in [3.63, 3.8) is 0 Å². The summed E-state index contributed by atoms with van der Waals surface area (Å²) in [6.45, 7) is 1.66. The van der Waals surface area contributed by atoms with E-state index in [1.165, 1.54) is 6.07 Å². The molecule has 74 valence electrons. The van der Waals surface area contributed by atoms with Crippen molar-refractivity contribution in [2.45, 2.75) is 29.1 Å². The molecular formula is C7H7ClF3NS. The van der Waals surface area contributed by atoms with Gasteiger partial charge in [0.05, 0.1) is 6.07 Å². The van der Waals surface area contributed by atoms with Gasteiger partial charge in [0.2, 0.25) is 0 Å². The Labute approximate surface area is 83.2 Å². The van der Waals surface area contributed by atoms with Crippen molar-refractivity contribution >= 4 is 23.4 Å². The van der Waals surface area contributed by atoms with Crippen LogP contribution in [0.15, 0.2) is 0 Å². The number of hydrogen-bond donors (Lipinski definition) is 0. The highest BCUT2D eigenvalue weighted by molar-refractivity contribution is 8.01. The SMILES string of the molecule is CCSC1(C#N)CC(F)(F)C1(F)Cl. The Kier molecular flexibility index (Phi) is 2.50. The Bertz CT molecular complexity index is 263. The van der Waals surface area contributed by atoms with Crippen LogP contribution in [-0.2, 0) is 0 Å². The summed E-state index contributed by atoms with van der Waals surface area (Å²) in [7, 11) is 0. The van der Waals surface area contributed by atoms with E-state index in [0.29, 0.717) is 5.75 Å². The third-order valence-electron chi connectivity index (χ3n) is 2.01. The standard InChI is InChI=1S/C7H7ClF3NS/c1-2-13-5(4-12)3-6(9,10)7(5,8)11/h2-3H2,1H3. The molecule has 1 aliphatic rings.